The normalized spacial score (nSPS) is 14.3. The van der Waals surface area contributed by atoms with E-state index >= 15 is 0 Å². The molecule has 2 radical (unpaired) electrons. The van der Waals surface area contributed by atoms with Gasteiger partial charge in [0, 0.05) is 11.7 Å². The summed E-state index contributed by atoms with van der Waals surface area (Å²) in [6, 6.07) is 38.5. The molecule has 1 nitrogen and oxygen atoms in total. The summed E-state index contributed by atoms with van der Waals surface area (Å²) in [5.74, 6) is 0.539. The Bertz CT molecular complexity index is 2040. The third-order valence-corrected chi connectivity index (χ3v) is 9.69. The van der Waals surface area contributed by atoms with Crippen molar-refractivity contribution in [3.05, 3.63) is 170 Å². The Labute approximate surface area is 357 Å². The molecule has 1 aliphatic carbocycles. The quantitative estimate of drug-likeness (QED) is 0.129. The molecule has 2 aliphatic rings. The number of rotatable bonds is 4. The van der Waals surface area contributed by atoms with E-state index < -0.39 is 0 Å². The summed E-state index contributed by atoms with van der Waals surface area (Å²) >= 11 is 1.36. The number of benzene rings is 4. The first-order valence-corrected chi connectivity index (χ1v) is 22.0. The van der Waals surface area contributed by atoms with Crippen LogP contribution in [0.3, 0.4) is 0 Å². The SMILES string of the molecule is CC(C)C1=[C-]C2=CC(C)N(c3ccccc3)C2=C1.Cc1cc2c(-c3ccc(C(C)(C)C)cc3)cc(-c3ccc(C(C)(C)C)cc3)cc2[cH-]1.Cl.Cl.[CH3-].[CH3-].[Si]=[Zr]. The summed E-state index contributed by atoms with van der Waals surface area (Å²) in [6.45, 7) is 25.5. The van der Waals surface area contributed by atoms with Gasteiger partial charge in [-0.05, 0) is 58.1 Å². The van der Waals surface area contributed by atoms with Crippen molar-refractivity contribution in [2.75, 3.05) is 4.90 Å². The predicted octanol–water partition coefficient (Wildman–Crippen LogP) is 14.3. The van der Waals surface area contributed by atoms with E-state index in [2.05, 4.69) is 202 Å². The molecule has 0 saturated carbocycles. The fourth-order valence-corrected chi connectivity index (χ4v) is 6.80. The van der Waals surface area contributed by atoms with Crippen molar-refractivity contribution in [1.82, 2.24) is 0 Å². The van der Waals surface area contributed by atoms with Gasteiger partial charge in [0.15, 0.2) is 0 Å². The maximum absolute atomic E-state index is 3.53. The van der Waals surface area contributed by atoms with Crippen molar-refractivity contribution < 1.29 is 23.3 Å². The van der Waals surface area contributed by atoms with Crippen LogP contribution in [0.15, 0.2) is 132 Å². The molecule has 5 heteroatoms. The Morgan fingerprint density at radius 3 is 1.74 bits per heavy atom. The van der Waals surface area contributed by atoms with Gasteiger partial charge in [0.1, 0.15) is 0 Å². The van der Waals surface area contributed by atoms with Crippen LogP contribution in [-0.4, -0.2) is 12.9 Å². The van der Waals surface area contributed by atoms with Gasteiger partial charge in [-0.1, -0.05) is 152 Å². The van der Waals surface area contributed by atoms with E-state index in [4.69, 9.17) is 0 Å². The van der Waals surface area contributed by atoms with E-state index in [0.29, 0.717) is 12.0 Å². The predicted molar refractivity (Wildman–Crippen MR) is 242 cm³/mol. The van der Waals surface area contributed by atoms with E-state index in [1.165, 1.54) is 95.6 Å². The van der Waals surface area contributed by atoms with Crippen LogP contribution < -0.4 is 4.90 Å². The Balaban J connectivity index is 0.000000526. The maximum atomic E-state index is 3.53. The van der Waals surface area contributed by atoms with Gasteiger partial charge in [0.2, 0.25) is 0 Å². The zero-order valence-corrected chi connectivity index (χ0v) is 39.5. The van der Waals surface area contributed by atoms with Crippen molar-refractivity contribution >= 4 is 48.2 Å². The summed E-state index contributed by atoms with van der Waals surface area (Å²) in [4.78, 5) is 2.39. The average molecular weight is 852 g/mol. The second kappa shape index (κ2) is 20.4. The first kappa shape index (κ1) is 49.2. The van der Waals surface area contributed by atoms with Gasteiger partial charge in [0.25, 0.3) is 0 Å². The molecule has 1 aliphatic heterocycles. The second-order valence-corrected chi connectivity index (χ2v) is 16.0. The number of hydrogen-bond acceptors (Lipinski definition) is 1. The Kier molecular flexibility index (Phi) is 18.6. The molecule has 286 valence electrons. The minimum atomic E-state index is 0. The van der Waals surface area contributed by atoms with Gasteiger partial charge in [-0.2, -0.15) is 6.07 Å². The molecule has 0 amide bonds. The fraction of sp³-hybridized carbons (Fsp3) is 0.286. The molecule has 54 heavy (non-hydrogen) atoms. The van der Waals surface area contributed by atoms with Gasteiger partial charge in [-0.15, -0.1) is 82.7 Å². The van der Waals surface area contributed by atoms with Gasteiger partial charge in [-0.3, -0.25) is 0 Å². The first-order valence-electron chi connectivity index (χ1n) is 17.8. The number of anilines is 1. The summed E-state index contributed by atoms with van der Waals surface area (Å²) in [6.07, 6.45) is 8.11. The molecular formula is C49H59Cl2NSiZr-4. The van der Waals surface area contributed by atoms with Crippen molar-refractivity contribution in [2.24, 2.45) is 5.92 Å². The number of para-hydroxylation sites is 1. The van der Waals surface area contributed by atoms with Crippen LogP contribution in [0.2, 0.25) is 0 Å². The van der Waals surface area contributed by atoms with E-state index in [9.17, 15) is 0 Å². The number of aryl methyl sites for hydroxylation is 1. The Morgan fingerprint density at radius 2 is 1.24 bits per heavy atom. The van der Waals surface area contributed by atoms with E-state index in [1.54, 1.807) is 0 Å². The molecule has 0 spiro atoms. The molecule has 0 aromatic heterocycles. The molecule has 1 unspecified atom stereocenters. The van der Waals surface area contributed by atoms with E-state index in [-0.39, 0.29) is 50.5 Å². The fourth-order valence-electron chi connectivity index (χ4n) is 6.80. The molecule has 0 saturated heterocycles. The average Bonchev–Trinajstić information content (AvgIpc) is 3.76. The summed E-state index contributed by atoms with van der Waals surface area (Å²) < 4.78 is 0. The Morgan fingerprint density at radius 1 is 0.722 bits per heavy atom. The number of allylic oxidation sites excluding steroid dienone is 3. The van der Waals surface area contributed by atoms with E-state index in [1.807, 2.05) is 0 Å². The van der Waals surface area contributed by atoms with Crippen LogP contribution >= 0.6 is 24.8 Å². The van der Waals surface area contributed by atoms with Crippen LogP contribution in [0.25, 0.3) is 33.0 Å². The van der Waals surface area contributed by atoms with Crippen molar-refractivity contribution in [3.8, 4) is 22.3 Å². The Hall–Kier alpha value is -2.81. The summed E-state index contributed by atoms with van der Waals surface area (Å²) in [7, 11) is 0. The molecule has 0 bridgehead atoms. The van der Waals surface area contributed by atoms with Gasteiger partial charge < -0.3 is 19.8 Å². The standard InChI is InChI=1S/C30H33.C17H18N.2CH3.2ClH.Si.Zr/c1-20-16-24-18-23(21-8-12-25(13-9-21)29(2,3)4)19-28(27(24)17-20)22-10-14-26(15-11-22)30(5,6)7;1-12(2)14-10-15-9-13(3)18(17(15)11-14)16-7-5-4-6-8-16;;;;;;/h8-19H,1-7H3;4-9,11-13H,1-3H3;2*1H3;2*1H;;/q4*-1;;;;. The van der Waals surface area contributed by atoms with Gasteiger partial charge in [-0.25, -0.2) is 0 Å². The molecule has 0 N–H and O–H groups in total. The second-order valence-electron chi connectivity index (χ2n) is 16.0. The topological polar surface area (TPSA) is 3.24 Å². The third-order valence-electron chi connectivity index (χ3n) is 9.69. The first-order chi connectivity index (χ1) is 23.7. The zero-order chi connectivity index (χ0) is 36.4. The monoisotopic (exact) mass is 849 g/mol. The summed E-state index contributed by atoms with van der Waals surface area (Å²) in [5.41, 5.74) is 14.7. The summed E-state index contributed by atoms with van der Waals surface area (Å²) in [5, 5.41) is 2.66. The number of nitrogens with zero attached hydrogens (tertiary/aromatic N) is 1. The molecule has 5 aromatic carbocycles. The minimum absolute atomic E-state index is 0. The van der Waals surface area contributed by atoms with Gasteiger partial charge in [0.05, 0.1) is 0 Å². The van der Waals surface area contributed by atoms with Crippen LogP contribution in [0.4, 0.5) is 5.69 Å². The molecule has 1 heterocycles. The van der Waals surface area contributed by atoms with Crippen molar-refractivity contribution in [1.29, 1.82) is 0 Å². The number of hydrogen-bond donors (Lipinski definition) is 0. The number of fused-ring (bicyclic) bond motifs is 2. The van der Waals surface area contributed by atoms with Crippen LogP contribution in [0.5, 0.6) is 0 Å². The van der Waals surface area contributed by atoms with Gasteiger partial charge >= 0.3 is 30.2 Å². The molecule has 1 atom stereocenters. The zero-order valence-electron chi connectivity index (χ0n) is 34.4. The van der Waals surface area contributed by atoms with Crippen molar-refractivity contribution in [3.63, 3.8) is 0 Å². The molecular weight excluding hydrogens is 793 g/mol. The third kappa shape index (κ3) is 11.2. The number of halogens is 2. The van der Waals surface area contributed by atoms with E-state index in [0.717, 1.165) is 0 Å². The van der Waals surface area contributed by atoms with Crippen LogP contribution in [0.1, 0.15) is 79.0 Å². The van der Waals surface area contributed by atoms with Crippen LogP contribution in [0, 0.1) is 33.8 Å². The molecule has 0 fully saturated rings. The van der Waals surface area contributed by atoms with Crippen LogP contribution in [-0.2, 0) is 34.2 Å². The molecule has 7 rings (SSSR count). The van der Waals surface area contributed by atoms with Crippen molar-refractivity contribution in [2.45, 2.75) is 86.1 Å². The molecule has 5 aromatic rings.